The van der Waals surface area contributed by atoms with E-state index in [4.69, 9.17) is 4.74 Å². The van der Waals surface area contributed by atoms with Crippen LogP contribution in [0.4, 0.5) is 0 Å². The quantitative estimate of drug-likeness (QED) is 0.591. The molecule has 0 aromatic rings. The fourth-order valence-electron chi connectivity index (χ4n) is 2.10. The number of nitrogens with one attached hydrogen (secondary N) is 1. The third-order valence-corrected chi connectivity index (χ3v) is 4.17. The Balaban J connectivity index is 3.15. The summed E-state index contributed by atoms with van der Waals surface area (Å²) in [7, 11) is -2.76. The van der Waals surface area contributed by atoms with E-state index in [-0.39, 0.29) is 6.61 Å². The second-order valence-electron chi connectivity index (χ2n) is 3.96. The molecule has 1 rings (SSSR count). The van der Waals surface area contributed by atoms with Gasteiger partial charge in [0.05, 0.1) is 12.3 Å². The van der Waals surface area contributed by atoms with Gasteiger partial charge in [-0.2, -0.15) is 0 Å². The third kappa shape index (κ3) is 3.03. The molecule has 0 saturated heterocycles. The van der Waals surface area contributed by atoms with Crippen LogP contribution in [-0.2, 0) is 14.1 Å². The van der Waals surface area contributed by atoms with E-state index >= 15 is 0 Å². The zero-order valence-electron chi connectivity index (χ0n) is 10.9. The van der Waals surface area contributed by atoms with Crippen LogP contribution in [0.2, 0.25) is 0 Å². The van der Waals surface area contributed by atoms with Gasteiger partial charge in [-0.25, -0.2) is 4.79 Å². The van der Waals surface area contributed by atoms with Crippen LogP contribution in [-0.4, -0.2) is 23.1 Å². The Morgan fingerprint density at radius 1 is 1.44 bits per heavy atom. The molecule has 0 amide bonds. The number of hydrogen-bond donors (Lipinski definition) is 2. The maximum atomic E-state index is 11.8. The average Bonchev–Trinajstić information content (AvgIpc) is 2.36. The summed E-state index contributed by atoms with van der Waals surface area (Å²) in [6.45, 7) is 5.80. The molecule has 18 heavy (non-hydrogen) atoms. The summed E-state index contributed by atoms with van der Waals surface area (Å²) in [5.41, 5.74) is 1.30. The minimum atomic E-state index is -2.76. The molecule has 0 fully saturated rings. The predicted molar refractivity (Wildman–Crippen MR) is 70.5 cm³/mol. The van der Waals surface area contributed by atoms with Crippen molar-refractivity contribution >= 4 is 14.0 Å². The maximum Gasteiger partial charge on any atom is 0.354 e. The molecule has 6 heteroatoms. The van der Waals surface area contributed by atoms with Crippen LogP contribution in [0, 0.1) is 0 Å². The Morgan fingerprint density at radius 2 is 2.11 bits per heavy atom. The van der Waals surface area contributed by atoms with Crippen LogP contribution in [0.3, 0.4) is 0 Å². The normalized spacial score (nSPS) is 21.1. The van der Waals surface area contributed by atoms with Gasteiger partial charge in [0.1, 0.15) is 5.70 Å². The van der Waals surface area contributed by atoms with Crippen molar-refractivity contribution in [2.24, 2.45) is 0 Å². The van der Waals surface area contributed by atoms with Gasteiger partial charge >= 0.3 is 5.97 Å². The first-order valence-corrected chi connectivity index (χ1v) is 7.58. The van der Waals surface area contributed by atoms with Gasteiger partial charge in [-0.05, 0) is 30.9 Å². The maximum absolute atomic E-state index is 11.8. The first-order valence-electron chi connectivity index (χ1n) is 6.15. The van der Waals surface area contributed by atoms with Gasteiger partial charge in [0.2, 0.25) is 0 Å². The number of esters is 1. The Morgan fingerprint density at radius 3 is 2.56 bits per heavy atom. The van der Waals surface area contributed by atoms with E-state index in [1.54, 1.807) is 13.1 Å². The fourth-order valence-corrected chi connectivity index (χ4v) is 3.35. The van der Waals surface area contributed by atoms with Crippen molar-refractivity contribution in [1.29, 1.82) is 0 Å². The van der Waals surface area contributed by atoms with Crippen molar-refractivity contribution < 1.29 is 19.0 Å². The predicted octanol–water partition coefficient (Wildman–Crippen LogP) is 1.95. The molecule has 5 nitrogen and oxygen atoms in total. The molecule has 1 heterocycles. The molecule has 0 saturated carbocycles. The lowest BCUT2D eigenvalue weighted by atomic mass is 9.96. The lowest BCUT2D eigenvalue weighted by Gasteiger charge is -2.27. The molecule has 2 N–H and O–H groups in total. The van der Waals surface area contributed by atoms with Crippen LogP contribution in [0.5, 0.6) is 0 Å². The highest BCUT2D eigenvalue weighted by atomic mass is 31.1. The van der Waals surface area contributed by atoms with Crippen molar-refractivity contribution in [2.45, 2.75) is 39.3 Å². The lowest BCUT2D eigenvalue weighted by Crippen LogP contribution is -2.29. The molecule has 0 spiro atoms. The molecule has 1 aliphatic rings. The molecular formula is C12H20NO4P. The second kappa shape index (κ2) is 6.76. The third-order valence-electron chi connectivity index (χ3n) is 2.96. The van der Waals surface area contributed by atoms with Gasteiger partial charge in [-0.15, -0.1) is 0 Å². The molecule has 102 valence electrons. The van der Waals surface area contributed by atoms with E-state index in [1.807, 2.05) is 13.8 Å². The van der Waals surface area contributed by atoms with Gasteiger partial charge in [0.15, 0.2) is 8.03 Å². The molecule has 0 aromatic carbocycles. The van der Waals surface area contributed by atoms with Crippen molar-refractivity contribution in [3.05, 3.63) is 23.0 Å². The summed E-state index contributed by atoms with van der Waals surface area (Å²) in [4.78, 5) is 21.3. The Hall–Kier alpha value is -1.06. The van der Waals surface area contributed by atoms with Crippen LogP contribution in [0.15, 0.2) is 23.0 Å². The summed E-state index contributed by atoms with van der Waals surface area (Å²) < 4.78 is 16.5. The second-order valence-corrected chi connectivity index (χ2v) is 5.22. The lowest BCUT2D eigenvalue weighted by molar-refractivity contribution is -0.138. The van der Waals surface area contributed by atoms with Crippen LogP contribution >= 0.6 is 8.03 Å². The van der Waals surface area contributed by atoms with E-state index in [1.165, 1.54) is 0 Å². The first kappa shape index (κ1) is 15.0. The molecule has 1 aliphatic heterocycles. The highest BCUT2D eigenvalue weighted by Gasteiger charge is 2.31. The van der Waals surface area contributed by atoms with Crippen molar-refractivity contribution in [2.75, 3.05) is 6.61 Å². The minimum Gasteiger partial charge on any atom is -0.461 e. The summed E-state index contributed by atoms with van der Waals surface area (Å²) in [6, 6.07) is 0. The monoisotopic (exact) mass is 273 g/mol. The van der Waals surface area contributed by atoms with E-state index in [2.05, 4.69) is 5.32 Å². The fraction of sp³-hybridized carbons (Fsp3) is 0.583. The zero-order valence-corrected chi connectivity index (χ0v) is 11.9. The van der Waals surface area contributed by atoms with E-state index in [0.717, 1.165) is 5.57 Å². The topological polar surface area (TPSA) is 75.6 Å². The summed E-state index contributed by atoms with van der Waals surface area (Å²) in [5, 5.41) is 2.90. The standard InChI is InChI=1S/C12H20NO4P/c1-4-8-7-13-10(12(14)17-6-3)9(5-2)11(8)18(15)16/h7,11,13,18H,4-6H2,1-3H3,(H,15,16). The number of allylic oxidation sites excluding steroid dienone is 2. The molecule has 0 bridgehead atoms. The number of hydrogen-bond acceptors (Lipinski definition) is 4. The van der Waals surface area contributed by atoms with Crippen molar-refractivity contribution in [1.82, 2.24) is 5.32 Å². The van der Waals surface area contributed by atoms with Gasteiger partial charge in [0, 0.05) is 6.20 Å². The van der Waals surface area contributed by atoms with Crippen molar-refractivity contribution in [3.63, 3.8) is 0 Å². The Labute approximate surface area is 108 Å². The van der Waals surface area contributed by atoms with E-state index in [9.17, 15) is 14.3 Å². The first-order chi connectivity index (χ1) is 8.56. The van der Waals surface area contributed by atoms with E-state index in [0.29, 0.717) is 24.1 Å². The summed E-state index contributed by atoms with van der Waals surface area (Å²) >= 11 is 0. The van der Waals surface area contributed by atoms with Crippen molar-refractivity contribution in [3.8, 4) is 0 Å². The number of carbonyl (C=O) groups is 1. The van der Waals surface area contributed by atoms with E-state index < -0.39 is 19.7 Å². The SMILES string of the molecule is CCOC(=O)C1=C(CC)C([PH](=O)O)C(CC)=CN1. The summed E-state index contributed by atoms with van der Waals surface area (Å²) in [6.07, 6.45) is 2.86. The number of dihydropyridines is 1. The van der Waals surface area contributed by atoms with Gasteiger partial charge in [-0.1, -0.05) is 13.8 Å². The Kier molecular flexibility index (Phi) is 5.63. The molecule has 0 aliphatic carbocycles. The highest BCUT2D eigenvalue weighted by Crippen LogP contribution is 2.40. The molecule has 2 atom stereocenters. The number of rotatable bonds is 5. The molecule has 2 unspecified atom stereocenters. The highest BCUT2D eigenvalue weighted by molar-refractivity contribution is 7.39. The molecule has 0 aromatic heterocycles. The average molecular weight is 273 g/mol. The van der Waals surface area contributed by atoms with Gasteiger partial charge < -0.3 is 14.9 Å². The minimum absolute atomic E-state index is 0.282. The smallest absolute Gasteiger partial charge is 0.354 e. The number of ether oxygens (including phenoxy) is 1. The van der Waals surface area contributed by atoms with Crippen LogP contribution in [0.1, 0.15) is 33.6 Å². The van der Waals surface area contributed by atoms with Crippen LogP contribution < -0.4 is 5.32 Å². The summed E-state index contributed by atoms with van der Waals surface area (Å²) in [5.74, 6) is -0.464. The largest absolute Gasteiger partial charge is 0.461 e. The zero-order chi connectivity index (χ0) is 13.7. The molecular weight excluding hydrogens is 253 g/mol. The number of carbonyl (C=O) groups excluding carboxylic acids is 1. The molecule has 0 radical (unpaired) electrons. The Bertz CT molecular complexity index is 414. The van der Waals surface area contributed by atoms with Gasteiger partial charge in [-0.3, -0.25) is 4.57 Å². The van der Waals surface area contributed by atoms with Crippen LogP contribution in [0.25, 0.3) is 0 Å². The van der Waals surface area contributed by atoms with Gasteiger partial charge in [0.25, 0.3) is 0 Å².